The van der Waals surface area contributed by atoms with Gasteiger partial charge in [0.1, 0.15) is 0 Å². The molecular formula is C12H25N3O. The van der Waals surface area contributed by atoms with Crippen molar-refractivity contribution in [3.8, 4) is 0 Å². The van der Waals surface area contributed by atoms with Crippen molar-refractivity contribution in [2.75, 3.05) is 41.3 Å². The summed E-state index contributed by atoms with van der Waals surface area (Å²) in [5.41, 5.74) is 1.01. The fourth-order valence-electron chi connectivity index (χ4n) is 2.65. The molecule has 0 bridgehead atoms. The van der Waals surface area contributed by atoms with Crippen molar-refractivity contribution in [2.24, 2.45) is 17.0 Å². The zero-order chi connectivity index (χ0) is 12.1. The topological polar surface area (TPSA) is 39.1 Å². The van der Waals surface area contributed by atoms with Crippen LogP contribution in [0.4, 0.5) is 0 Å². The van der Waals surface area contributed by atoms with Gasteiger partial charge in [0.25, 0.3) is 0 Å². The highest BCUT2D eigenvalue weighted by molar-refractivity contribution is 5.89. The van der Waals surface area contributed by atoms with Gasteiger partial charge in [-0.25, -0.2) is 0 Å². The van der Waals surface area contributed by atoms with Crippen LogP contribution in [0.3, 0.4) is 0 Å². The number of rotatable bonds is 4. The quantitative estimate of drug-likeness (QED) is 0.582. The van der Waals surface area contributed by atoms with Gasteiger partial charge in [0.2, 0.25) is 0 Å². The SMILES string of the molecule is CN(C)CC1CCCC(CN(C)C)C1=NO. The summed E-state index contributed by atoms with van der Waals surface area (Å²) in [6.07, 6.45) is 3.55. The molecule has 1 aliphatic rings. The van der Waals surface area contributed by atoms with Crippen molar-refractivity contribution < 1.29 is 5.21 Å². The number of hydrogen-bond donors (Lipinski definition) is 1. The first-order chi connectivity index (χ1) is 7.54. The number of hydrogen-bond acceptors (Lipinski definition) is 4. The minimum atomic E-state index is 0.429. The first-order valence-corrected chi connectivity index (χ1v) is 6.06. The number of nitrogens with zero attached hydrogens (tertiary/aromatic N) is 3. The predicted octanol–water partition coefficient (Wildman–Crippen LogP) is 1.36. The molecule has 0 saturated heterocycles. The fourth-order valence-corrected chi connectivity index (χ4v) is 2.65. The predicted molar refractivity (Wildman–Crippen MR) is 67.2 cm³/mol. The van der Waals surface area contributed by atoms with E-state index in [4.69, 9.17) is 0 Å². The molecule has 0 radical (unpaired) electrons. The van der Waals surface area contributed by atoms with Crippen LogP contribution in [0.15, 0.2) is 5.16 Å². The van der Waals surface area contributed by atoms with Gasteiger partial charge in [-0.1, -0.05) is 11.6 Å². The van der Waals surface area contributed by atoms with Crippen LogP contribution in [-0.4, -0.2) is 62.0 Å². The summed E-state index contributed by atoms with van der Waals surface area (Å²) in [7, 11) is 8.30. The van der Waals surface area contributed by atoms with Crippen molar-refractivity contribution in [2.45, 2.75) is 19.3 Å². The minimum Gasteiger partial charge on any atom is -0.411 e. The van der Waals surface area contributed by atoms with Crippen molar-refractivity contribution in [1.29, 1.82) is 0 Å². The molecule has 0 aromatic heterocycles. The van der Waals surface area contributed by atoms with Crippen LogP contribution in [0.1, 0.15) is 19.3 Å². The molecule has 4 nitrogen and oxygen atoms in total. The summed E-state index contributed by atoms with van der Waals surface area (Å²) in [6, 6.07) is 0. The van der Waals surface area contributed by atoms with Crippen LogP contribution < -0.4 is 0 Å². The van der Waals surface area contributed by atoms with E-state index in [1.54, 1.807) is 0 Å². The second-order valence-corrected chi connectivity index (χ2v) is 5.37. The fraction of sp³-hybridized carbons (Fsp3) is 0.917. The van der Waals surface area contributed by atoms with Gasteiger partial charge in [0.15, 0.2) is 0 Å². The summed E-state index contributed by atoms with van der Waals surface area (Å²) in [5, 5.41) is 12.8. The van der Waals surface area contributed by atoms with E-state index >= 15 is 0 Å². The molecule has 2 unspecified atom stereocenters. The third kappa shape index (κ3) is 3.76. The molecule has 0 amide bonds. The van der Waals surface area contributed by atoms with Gasteiger partial charge in [-0.3, -0.25) is 0 Å². The molecule has 0 heterocycles. The Morgan fingerprint density at radius 3 is 1.81 bits per heavy atom. The van der Waals surface area contributed by atoms with Crippen LogP contribution in [0, 0.1) is 11.8 Å². The summed E-state index contributed by atoms with van der Waals surface area (Å²) >= 11 is 0. The van der Waals surface area contributed by atoms with E-state index in [1.807, 2.05) is 0 Å². The molecule has 1 rings (SSSR count). The highest BCUT2D eigenvalue weighted by Crippen LogP contribution is 2.27. The molecule has 16 heavy (non-hydrogen) atoms. The average Bonchev–Trinajstić information content (AvgIpc) is 2.16. The molecule has 1 N–H and O–H groups in total. The van der Waals surface area contributed by atoms with E-state index in [0.29, 0.717) is 11.8 Å². The zero-order valence-corrected chi connectivity index (χ0v) is 11.0. The van der Waals surface area contributed by atoms with Gasteiger partial charge in [0.05, 0.1) is 5.71 Å². The Morgan fingerprint density at radius 1 is 1.06 bits per heavy atom. The van der Waals surface area contributed by atoms with Gasteiger partial charge in [-0.05, 0) is 41.0 Å². The van der Waals surface area contributed by atoms with Gasteiger partial charge in [0, 0.05) is 24.9 Å². The molecule has 0 aliphatic heterocycles. The largest absolute Gasteiger partial charge is 0.411 e. The summed E-state index contributed by atoms with van der Waals surface area (Å²) < 4.78 is 0. The molecule has 0 aromatic carbocycles. The maximum Gasteiger partial charge on any atom is 0.0657 e. The Labute approximate surface area is 98.9 Å². The Hall–Kier alpha value is -0.610. The standard InChI is InChI=1S/C12H25N3O/c1-14(2)8-10-6-5-7-11(9-15(3)4)12(10)13-16/h10-11,16H,5-9H2,1-4H3. The molecule has 1 aliphatic carbocycles. The lowest BCUT2D eigenvalue weighted by atomic mass is 9.79. The third-order valence-corrected chi connectivity index (χ3v) is 3.23. The highest BCUT2D eigenvalue weighted by atomic mass is 16.4. The van der Waals surface area contributed by atoms with E-state index in [0.717, 1.165) is 31.6 Å². The van der Waals surface area contributed by atoms with Crippen molar-refractivity contribution in [3.05, 3.63) is 0 Å². The highest BCUT2D eigenvalue weighted by Gasteiger charge is 2.30. The maximum absolute atomic E-state index is 9.21. The Kier molecular flexibility index (Phi) is 5.22. The van der Waals surface area contributed by atoms with Crippen LogP contribution in [-0.2, 0) is 0 Å². The monoisotopic (exact) mass is 227 g/mol. The van der Waals surface area contributed by atoms with E-state index in [1.165, 1.54) is 6.42 Å². The van der Waals surface area contributed by atoms with Crippen LogP contribution in [0.5, 0.6) is 0 Å². The molecule has 2 atom stereocenters. The van der Waals surface area contributed by atoms with Gasteiger partial charge >= 0.3 is 0 Å². The van der Waals surface area contributed by atoms with E-state index in [-0.39, 0.29) is 0 Å². The van der Waals surface area contributed by atoms with Crippen molar-refractivity contribution in [3.63, 3.8) is 0 Å². The van der Waals surface area contributed by atoms with Gasteiger partial charge < -0.3 is 15.0 Å². The maximum atomic E-state index is 9.21. The lowest BCUT2D eigenvalue weighted by Gasteiger charge is -2.33. The number of oxime groups is 1. The average molecular weight is 227 g/mol. The lowest BCUT2D eigenvalue weighted by Crippen LogP contribution is -2.39. The molecule has 0 aromatic rings. The van der Waals surface area contributed by atoms with Crippen LogP contribution >= 0.6 is 0 Å². The minimum absolute atomic E-state index is 0.429. The normalized spacial score (nSPS) is 26.5. The molecule has 1 saturated carbocycles. The molecular weight excluding hydrogens is 202 g/mol. The van der Waals surface area contributed by atoms with E-state index in [2.05, 4.69) is 43.1 Å². The molecule has 94 valence electrons. The van der Waals surface area contributed by atoms with Gasteiger partial charge in [-0.15, -0.1) is 0 Å². The lowest BCUT2D eigenvalue weighted by molar-refractivity contribution is 0.265. The molecule has 4 heteroatoms. The summed E-state index contributed by atoms with van der Waals surface area (Å²) in [6.45, 7) is 1.98. The van der Waals surface area contributed by atoms with Crippen molar-refractivity contribution in [1.82, 2.24) is 9.80 Å². The third-order valence-electron chi connectivity index (χ3n) is 3.23. The first kappa shape index (κ1) is 13.5. The molecule has 1 fully saturated rings. The first-order valence-electron chi connectivity index (χ1n) is 6.06. The van der Waals surface area contributed by atoms with Crippen LogP contribution in [0.25, 0.3) is 0 Å². The van der Waals surface area contributed by atoms with E-state index in [9.17, 15) is 5.21 Å². The second-order valence-electron chi connectivity index (χ2n) is 5.37. The Balaban J connectivity index is 2.66. The second kappa shape index (κ2) is 6.21. The van der Waals surface area contributed by atoms with Gasteiger partial charge in [-0.2, -0.15) is 0 Å². The summed E-state index contributed by atoms with van der Waals surface area (Å²) in [5.74, 6) is 0.859. The summed E-state index contributed by atoms with van der Waals surface area (Å²) in [4.78, 5) is 4.35. The zero-order valence-electron chi connectivity index (χ0n) is 11.0. The van der Waals surface area contributed by atoms with Crippen molar-refractivity contribution >= 4 is 5.71 Å². The molecule has 0 spiro atoms. The van der Waals surface area contributed by atoms with Crippen LogP contribution in [0.2, 0.25) is 0 Å². The smallest absolute Gasteiger partial charge is 0.0657 e. The van der Waals surface area contributed by atoms with E-state index < -0.39 is 0 Å². The Morgan fingerprint density at radius 2 is 1.50 bits per heavy atom. The Bertz CT molecular complexity index is 218.